The summed E-state index contributed by atoms with van der Waals surface area (Å²) >= 11 is 0. The summed E-state index contributed by atoms with van der Waals surface area (Å²) in [5, 5.41) is 7.76. The Balaban J connectivity index is 2.32. The number of anilines is 2. The Morgan fingerprint density at radius 3 is 2.79 bits per heavy atom. The van der Waals surface area contributed by atoms with Gasteiger partial charge in [0, 0.05) is 26.8 Å². The molecule has 0 aliphatic carbocycles. The van der Waals surface area contributed by atoms with Gasteiger partial charge in [-0.05, 0) is 19.8 Å². The topological polar surface area (TPSA) is 74.3 Å². The average molecular weight is 270 g/mol. The molecular formula is C13H26N4O2. The smallest absolute Gasteiger partial charge is 0.148 e. The third-order valence-electron chi connectivity index (χ3n) is 2.80. The lowest BCUT2D eigenvalue weighted by molar-refractivity contribution is 0.0705. The minimum absolute atomic E-state index is 0.642. The monoisotopic (exact) mass is 270 g/mol. The van der Waals surface area contributed by atoms with Gasteiger partial charge in [0.2, 0.25) is 0 Å². The molecule has 0 atom stereocenters. The summed E-state index contributed by atoms with van der Waals surface area (Å²) in [4.78, 5) is 0. The van der Waals surface area contributed by atoms with Gasteiger partial charge in [-0.2, -0.15) is 5.10 Å². The summed E-state index contributed by atoms with van der Waals surface area (Å²) in [5.41, 5.74) is 7.65. The van der Waals surface area contributed by atoms with Crippen molar-refractivity contribution < 1.29 is 9.47 Å². The summed E-state index contributed by atoms with van der Waals surface area (Å²) in [5.74, 6) is 0.927. The van der Waals surface area contributed by atoms with E-state index >= 15 is 0 Å². The maximum absolute atomic E-state index is 6.02. The highest BCUT2D eigenvalue weighted by molar-refractivity contribution is 5.64. The van der Waals surface area contributed by atoms with Gasteiger partial charge < -0.3 is 20.5 Å². The molecular weight excluding hydrogens is 244 g/mol. The van der Waals surface area contributed by atoms with Crippen molar-refractivity contribution in [2.45, 2.75) is 33.2 Å². The van der Waals surface area contributed by atoms with Gasteiger partial charge in [-0.3, -0.25) is 0 Å². The van der Waals surface area contributed by atoms with Crippen molar-refractivity contribution >= 4 is 11.5 Å². The van der Waals surface area contributed by atoms with Crippen LogP contribution in [-0.2, 0) is 16.0 Å². The lowest BCUT2D eigenvalue weighted by Crippen LogP contribution is -2.12. The second-order valence-electron chi connectivity index (χ2n) is 4.46. The van der Waals surface area contributed by atoms with Gasteiger partial charge in [0.15, 0.2) is 0 Å². The number of nitrogens with zero attached hydrogens (tertiary/aromatic N) is 2. The van der Waals surface area contributed by atoms with Gasteiger partial charge in [0.1, 0.15) is 5.82 Å². The number of hydrogen-bond acceptors (Lipinski definition) is 5. The Morgan fingerprint density at radius 1 is 1.32 bits per heavy atom. The number of nitrogens with two attached hydrogens (primary N) is 1. The van der Waals surface area contributed by atoms with E-state index in [0.717, 1.165) is 49.7 Å². The highest BCUT2D eigenvalue weighted by atomic mass is 16.5. The summed E-state index contributed by atoms with van der Waals surface area (Å²) in [7, 11) is 1.67. The first-order valence-corrected chi connectivity index (χ1v) is 6.84. The Bertz CT molecular complexity index is 366. The third kappa shape index (κ3) is 5.08. The third-order valence-corrected chi connectivity index (χ3v) is 2.80. The highest BCUT2D eigenvalue weighted by Crippen LogP contribution is 2.22. The molecule has 1 rings (SSSR count). The fourth-order valence-electron chi connectivity index (χ4n) is 1.78. The number of aromatic nitrogens is 2. The molecule has 0 aliphatic rings. The number of rotatable bonds is 10. The lowest BCUT2D eigenvalue weighted by atomic mass is 10.3. The maximum atomic E-state index is 6.02. The van der Waals surface area contributed by atoms with Crippen molar-refractivity contribution in [1.29, 1.82) is 0 Å². The number of nitrogen functional groups attached to an aromatic ring is 1. The molecule has 110 valence electrons. The standard InChI is InChI=1S/C13H26N4O2/c1-4-7-17-13(12(14)11(2)16-17)15-6-5-8-19-10-9-18-3/h15H,4-10,14H2,1-3H3. The van der Waals surface area contributed by atoms with Crippen molar-refractivity contribution in [1.82, 2.24) is 9.78 Å². The van der Waals surface area contributed by atoms with Gasteiger partial charge in [-0.1, -0.05) is 6.92 Å². The van der Waals surface area contributed by atoms with E-state index in [9.17, 15) is 0 Å². The van der Waals surface area contributed by atoms with Gasteiger partial charge in [0.25, 0.3) is 0 Å². The minimum atomic E-state index is 0.642. The lowest BCUT2D eigenvalue weighted by Gasteiger charge is -2.10. The van der Waals surface area contributed by atoms with Crippen LogP contribution in [0.5, 0.6) is 0 Å². The average Bonchev–Trinajstić information content (AvgIpc) is 2.65. The molecule has 19 heavy (non-hydrogen) atoms. The van der Waals surface area contributed by atoms with Gasteiger partial charge in [-0.15, -0.1) is 0 Å². The highest BCUT2D eigenvalue weighted by Gasteiger charge is 2.10. The molecule has 1 aromatic heterocycles. The molecule has 3 N–H and O–H groups in total. The first kappa shape index (κ1) is 15.8. The number of methoxy groups -OCH3 is 1. The molecule has 6 nitrogen and oxygen atoms in total. The van der Waals surface area contributed by atoms with Gasteiger partial charge in [0.05, 0.1) is 24.6 Å². The molecule has 0 fully saturated rings. The minimum Gasteiger partial charge on any atom is -0.394 e. The predicted molar refractivity (Wildman–Crippen MR) is 77.5 cm³/mol. The Hall–Kier alpha value is -1.27. The van der Waals surface area contributed by atoms with E-state index in [4.69, 9.17) is 15.2 Å². The molecule has 0 saturated carbocycles. The summed E-state index contributed by atoms with van der Waals surface area (Å²) in [6.45, 7) is 7.77. The van der Waals surface area contributed by atoms with Crippen molar-refractivity contribution in [3.8, 4) is 0 Å². The molecule has 0 amide bonds. The molecule has 0 aliphatic heterocycles. The molecule has 1 aromatic rings. The summed E-state index contributed by atoms with van der Waals surface area (Å²) < 4.78 is 12.3. The largest absolute Gasteiger partial charge is 0.394 e. The van der Waals surface area contributed by atoms with Crippen LogP contribution in [0.25, 0.3) is 0 Å². The number of hydrogen-bond donors (Lipinski definition) is 2. The Morgan fingerprint density at radius 2 is 2.11 bits per heavy atom. The fourth-order valence-corrected chi connectivity index (χ4v) is 1.78. The van der Waals surface area contributed by atoms with Crippen LogP contribution < -0.4 is 11.1 Å². The molecule has 0 saturated heterocycles. The SMILES string of the molecule is CCCn1nc(C)c(N)c1NCCCOCCOC. The van der Waals surface area contributed by atoms with E-state index in [2.05, 4.69) is 17.3 Å². The fraction of sp³-hybridized carbons (Fsp3) is 0.769. The molecule has 1 heterocycles. The van der Waals surface area contributed by atoms with Crippen LogP contribution >= 0.6 is 0 Å². The first-order valence-electron chi connectivity index (χ1n) is 6.84. The van der Waals surface area contributed by atoms with Crippen LogP contribution in [-0.4, -0.2) is 43.3 Å². The van der Waals surface area contributed by atoms with E-state index in [1.165, 1.54) is 0 Å². The number of aryl methyl sites for hydroxylation is 2. The van der Waals surface area contributed by atoms with E-state index in [0.29, 0.717) is 13.2 Å². The van der Waals surface area contributed by atoms with Crippen LogP contribution in [0.15, 0.2) is 0 Å². The molecule has 0 bridgehead atoms. The normalized spacial score (nSPS) is 10.9. The van der Waals surface area contributed by atoms with Crippen LogP contribution in [0.4, 0.5) is 11.5 Å². The van der Waals surface area contributed by atoms with Crippen molar-refractivity contribution in [2.24, 2.45) is 0 Å². The molecule has 0 aromatic carbocycles. The number of nitrogens with one attached hydrogen (secondary N) is 1. The zero-order chi connectivity index (χ0) is 14.1. The summed E-state index contributed by atoms with van der Waals surface area (Å²) in [6.07, 6.45) is 1.97. The molecule has 0 radical (unpaired) electrons. The molecule has 6 heteroatoms. The molecule has 0 spiro atoms. The maximum Gasteiger partial charge on any atom is 0.148 e. The van der Waals surface area contributed by atoms with Gasteiger partial charge in [-0.25, -0.2) is 4.68 Å². The Labute approximate surface area is 115 Å². The van der Waals surface area contributed by atoms with Crippen LogP contribution in [0.3, 0.4) is 0 Å². The second-order valence-corrected chi connectivity index (χ2v) is 4.46. The molecule has 0 unspecified atom stereocenters. The van der Waals surface area contributed by atoms with Crippen molar-refractivity contribution in [3.05, 3.63) is 5.69 Å². The van der Waals surface area contributed by atoms with E-state index in [1.807, 2.05) is 11.6 Å². The van der Waals surface area contributed by atoms with Crippen molar-refractivity contribution in [2.75, 3.05) is 44.5 Å². The van der Waals surface area contributed by atoms with Crippen molar-refractivity contribution in [3.63, 3.8) is 0 Å². The van der Waals surface area contributed by atoms with E-state index in [-0.39, 0.29) is 0 Å². The second kappa shape index (κ2) is 8.77. The van der Waals surface area contributed by atoms with Gasteiger partial charge >= 0.3 is 0 Å². The van der Waals surface area contributed by atoms with E-state index in [1.54, 1.807) is 7.11 Å². The first-order chi connectivity index (χ1) is 9.20. The van der Waals surface area contributed by atoms with E-state index < -0.39 is 0 Å². The van der Waals surface area contributed by atoms with Crippen LogP contribution in [0.2, 0.25) is 0 Å². The quantitative estimate of drug-likeness (QED) is 0.632. The Kier molecular flexibility index (Phi) is 7.28. The zero-order valence-electron chi connectivity index (χ0n) is 12.2. The number of ether oxygens (including phenoxy) is 2. The predicted octanol–water partition coefficient (Wildman–Crippen LogP) is 1.65. The van der Waals surface area contributed by atoms with Crippen LogP contribution in [0, 0.1) is 6.92 Å². The zero-order valence-corrected chi connectivity index (χ0v) is 12.2. The van der Waals surface area contributed by atoms with Crippen LogP contribution in [0.1, 0.15) is 25.5 Å². The summed E-state index contributed by atoms with van der Waals surface area (Å²) in [6, 6.07) is 0.